The molecule has 172 valence electrons. The zero-order valence-corrected chi connectivity index (χ0v) is 21.8. The summed E-state index contributed by atoms with van der Waals surface area (Å²) < 4.78 is 6.73. The molecule has 3 rings (SSSR count). The molecule has 34 heavy (non-hydrogen) atoms. The predicted octanol–water partition coefficient (Wildman–Crippen LogP) is 6.74. The van der Waals surface area contributed by atoms with Gasteiger partial charge in [-0.05, 0) is 86.3 Å². The number of carbonyl (C=O) groups excluding carboxylic acids is 2. The Bertz CT molecular complexity index is 1300. The lowest BCUT2D eigenvalue weighted by Gasteiger charge is -2.12. The molecule has 0 aliphatic heterocycles. The minimum atomic E-state index is -0.513. The first kappa shape index (κ1) is 25.5. The number of rotatable bonds is 7. The lowest BCUT2D eigenvalue weighted by atomic mass is 10.1. The molecule has 0 heterocycles. The Labute approximate surface area is 218 Å². The van der Waals surface area contributed by atoms with Crippen LogP contribution in [0.25, 0.3) is 6.08 Å². The number of hydrogen-bond donors (Lipinski definition) is 2. The van der Waals surface area contributed by atoms with Crippen LogP contribution in [-0.2, 0) is 9.59 Å². The van der Waals surface area contributed by atoms with E-state index in [2.05, 4.69) is 42.5 Å². The number of anilines is 2. The van der Waals surface area contributed by atoms with Crippen LogP contribution >= 0.6 is 43.5 Å². The molecule has 0 saturated carbocycles. The number of para-hydroxylation sites is 2. The van der Waals surface area contributed by atoms with E-state index in [0.29, 0.717) is 36.7 Å². The van der Waals surface area contributed by atoms with Crippen molar-refractivity contribution in [3.63, 3.8) is 0 Å². The molecule has 0 radical (unpaired) electrons. The average molecular weight is 604 g/mol. The molecule has 0 aliphatic rings. The van der Waals surface area contributed by atoms with Gasteiger partial charge in [-0.3, -0.25) is 9.59 Å². The highest BCUT2D eigenvalue weighted by molar-refractivity contribution is 9.11. The Hall–Kier alpha value is -3.12. The third kappa shape index (κ3) is 6.70. The molecule has 3 aromatic rings. The minimum Gasteiger partial charge on any atom is -0.481 e. The Balaban J connectivity index is 1.71. The zero-order chi connectivity index (χ0) is 24.7. The maximum atomic E-state index is 12.6. The first-order valence-corrected chi connectivity index (χ1v) is 11.9. The number of nitriles is 1. The molecule has 0 bridgehead atoms. The summed E-state index contributed by atoms with van der Waals surface area (Å²) in [4.78, 5) is 24.8. The van der Waals surface area contributed by atoms with Crippen LogP contribution in [0.1, 0.15) is 11.1 Å². The van der Waals surface area contributed by atoms with E-state index in [1.807, 2.05) is 25.1 Å². The highest BCUT2D eigenvalue weighted by Crippen LogP contribution is 2.35. The Kier molecular flexibility index (Phi) is 8.88. The summed E-state index contributed by atoms with van der Waals surface area (Å²) in [5.74, 6) is -0.495. The zero-order valence-electron chi connectivity index (χ0n) is 17.9. The van der Waals surface area contributed by atoms with Gasteiger partial charge < -0.3 is 15.4 Å². The Morgan fingerprint density at radius 2 is 1.65 bits per heavy atom. The third-order valence-corrected chi connectivity index (χ3v) is 6.09. The summed E-state index contributed by atoms with van der Waals surface area (Å²) in [6, 6.07) is 19.5. The first-order chi connectivity index (χ1) is 16.3. The van der Waals surface area contributed by atoms with Crippen LogP contribution in [0, 0.1) is 18.3 Å². The van der Waals surface area contributed by atoms with Crippen molar-refractivity contribution < 1.29 is 14.3 Å². The number of nitrogens with zero attached hydrogens (tertiary/aromatic N) is 1. The molecule has 6 nitrogen and oxygen atoms in total. The van der Waals surface area contributed by atoms with Crippen LogP contribution in [0.3, 0.4) is 0 Å². The number of aryl methyl sites for hydroxylation is 1. The fourth-order valence-corrected chi connectivity index (χ4v) is 4.54. The van der Waals surface area contributed by atoms with Gasteiger partial charge in [0.05, 0.1) is 19.7 Å². The maximum absolute atomic E-state index is 12.6. The smallest absolute Gasteiger partial charge is 0.266 e. The molecule has 3 aromatic carbocycles. The van der Waals surface area contributed by atoms with Gasteiger partial charge in [0.15, 0.2) is 6.61 Å². The second-order valence-electron chi connectivity index (χ2n) is 7.07. The van der Waals surface area contributed by atoms with Gasteiger partial charge >= 0.3 is 0 Å². The molecular weight excluding hydrogens is 586 g/mol. The standard InChI is InChI=1S/C25H18Br2ClN3O3/c1-15-6-2-4-8-21(15)31-25(33)17(13-29)10-16-11-18(26)24(19(27)12-16)34-14-23(32)30-22-9-5-3-7-20(22)28/h2-12H,14H2,1H3,(H,30,32)(H,31,33)/b17-10-. The normalized spacial score (nSPS) is 10.9. The largest absolute Gasteiger partial charge is 0.481 e. The van der Waals surface area contributed by atoms with Crippen LogP contribution in [0.4, 0.5) is 11.4 Å². The number of hydrogen-bond acceptors (Lipinski definition) is 4. The van der Waals surface area contributed by atoms with Gasteiger partial charge in [0.25, 0.3) is 11.8 Å². The van der Waals surface area contributed by atoms with Crippen molar-refractivity contribution in [1.29, 1.82) is 5.26 Å². The van der Waals surface area contributed by atoms with Gasteiger partial charge in [0.2, 0.25) is 0 Å². The van der Waals surface area contributed by atoms with E-state index < -0.39 is 5.91 Å². The van der Waals surface area contributed by atoms with Crippen molar-refractivity contribution in [2.45, 2.75) is 6.92 Å². The number of halogens is 3. The van der Waals surface area contributed by atoms with Crippen molar-refractivity contribution in [2.75, 3.05) is 17.2 Å². The number of ether oxygens (including phenoxy) is 1. The molecular formula is C25H18Br2ClN3O3. The highest BCUT2D eigenvalue weighted by atomic mass is 79.9. The summed E-state index contributed by atoms with van der Waals surface area (Å²) in [5.41, 5.74) is 2.54. The summed E-state index contributed by atoms with van der Waals surface area (Å²) in [5, 5.41) is 15.4. The van der Waals surface area contributed by atoms with Crippen LogP contribution < -0.4 is 15.4 Å². The molecule has 2 N–H and O–H groups in total. The molecule has 0 atom stereocenters. The molecule has 0 aromatic heterocycles. The topological polar surface area (TPSA) is 91.2 Å². The fourth-order valence-electron chi connectivity index (χ4n) is 2.91. The van der Waals surface area contributed by atoms with Crippen molar-refractivity contribution in [1.82, 2.24) is 0 Å². The second-order valence-corrected chi connectivity index (χ2v) is 9.19. The van der Waals surface area contributed by atoms with E-state index in [4.69, 9.17) is 16.3 Å². The summed E-state index contributed by atoms with van der Waals surface area (Å²) in [6.07, 6.45) is 1.47. The van der Waals surface area contributed by atoms with Crippen molar-refractivity contribution in [2.24, 2.45) is 0 Å². The second kappa shape index (κ2) is 11.8. The lowest BCUT2D eigenvalue weighted by molar-refractivity contribution is -0.118. The van der Waals surface area contributed by atoms with E-state index in [1.165, 1.54) is 6.08 Å². The number of amides is 2. The van der Waals surface area contributed by atoms with Crippen molar-refractivity contribution >= 4 is 72.7 Å². The molecule has 0 aliphatic carbocycles. The monoisotopic (exact) mass is 601 g/mol. The van der Waals surface area contributed by atoms with E-state index >= 15 is 0 Å². The quantitative estimate of drug-likeness (QED) is 0.231. The number of carbonyl (C=O) groups is 2. The molecule has 0 saturated heterocycles. The SMILES string of the molecule is Cc1ccccc1NC(=O)/C(C#N)=C\c1cc(Br)c(OCC(=O)Nc2ccccc2Cl)c(Br)c1. The van der Waals surface area contributed by atoms with Gasteiger partial charge in [-0.2, -0.15) is 5.26 Å². The van der Waals surface area contributed by atoms with Crippen LogP contribution in [0.15, 0.2) is 75.2 Å². The van der Waals surface area contributed by atoms with Gasteiger partial charge in [0.1, 0.15) is 17.4 Å². The van der Waals surface area contributed by atoms with Crippen molar-refractivity contribution in [3.05, 3.63) is 91.3 Å². The lowest BCUT2D eigenvalue weighted by Crippen LogP contribution is -2.20. The van der Waals surface area contributed by atoms with E-state index in [9.17, 15) is 14.9 Å². The maximum Gasteiger partial charge on any atom is 0.266 e. The van der Waals surface area contributed by atoms with Crippen LogP contribution in [0.2, 0.25) is 5.02 Å². The van der Waals surface area contributed by atoms with E-state index in [-0.39, 0.29) is 18.1 Å². The first-order valence-electron chi connectivity index (χ1n) is 9.93. The summed E-state index contributed by atoms with van der Waals surface area (Å²) in [6.45, 7) is 1.62. The minimum absolute atomic E-state index is 0.0603. The van der Waals surface area contributed by atoms with Crippen LogP contribution in [-0.4, -0.2) is 18.4 Å². The molecule has 2 amide bonds. The van der Waals surface area contributed by atoms with Gasteiger partial charge in [-0.1, -0.05) is 41.9 Å². The van der Waals surface area contributed by atoms with Crippen molar-refractivity contribution in [3.8, 4) is 11.8 Å². The molecule has 0 fully saturated rings. The van der Waals surface area contributed by atoms with Crippen LogP contribution in [0.5, 0.6) is 5.75 Å². The summed E-state index contributed by atoms with van der Waals surface area (Å²) in [7, 11) is 0. The summed E-state index contributed by atoms with van der Waals surface area (Å²) >= 11 is 12.9. The Morgan fingerprint density at radius 1 is 1.03 bits per heavy atom. The van der Waals surface area contributed by atoms with Gasteiger partial charge in [0, 0.05) is 5.69 Å². The van der Waals surface area contributed by atoms with Gasteiger partial charge in [-0.25, -0.2) is 0 Å². The van der Waals surface area contributed by atoms with E-state index in [1.54, 1.807) is 48.5 Å². The molecule has 0 spiro atoms. The molecule has 0 unspecified atom stereocenters. The highest BCUT2D eigenvalue weighted by Gasteiger charge is 2.14. The van der Waals surface area contributed by atoms with E-state index in [0.717, 1.165) is 5.56 Å². The predicted molar refractivity (Wildman–Crippen MR) is 141 cm³/mol. The fraction of sp³-hybridized carbons (Fsp3) is 0.0800. The van der Waals surface area contributed by atoms with Gasteiger partial charge in [-0.15, -0.1) is 0 Å². The molecule has 9 heteroatoms. The number of nitrogens with one attached hydrogen (secondary N) is 2. The number of benzene rings is 3. The third-order valence-electron chi connectivity index (χ3n) is 4.59. The Morgan fingerprint density at radius 3 is 2.26 bits per heavy atom. The average Bonchev–Trinajstić information content (AvgIpc) is 2.80.